The molecule has 0 radical (unpaired) electrons. The van der Waals surface area contributed by atoms with Crippen molar-refractivity contribution in [3.05, 3.63) is 39.5 Å². The predicted molar refractivity (Wildman–Crippen MR) is 74.1 cm³/mol. The predicted octanol–water partition coefficient (Wildman–Crippen LogP) is 3.36. The highest BCUT2D eigenvalue weighted by Gasteiger charge is 2.17. The number of hydrogen-bond donors (Lipinski definition) is 1. The Morgan fingerprint density at radius 3 is 2.89 bits per heavy atom. The first-order valence-electron chi connectivity index (χ1n) is 5.35. The van der Waals surface area contributed by atoms with Gasteiger partial charge in [0.05, 0.1) is 12.2 Å². The molecule has 6 heteroatoms. The molecule has 0 saturated heterocycles. The van der Waals surface area contributed by atoms with Crippen molar-refractivity contribution < 1.29 is 4.39 Å². The van der Waals surface area contributed by atoms with E-state index in [0.717, 1.165) is 10.3 Å². The largest absolute Gasteiger partial charge is 0.329 e. The number of aromatic nitrogens is 2. The maximum atomic E-state index is 13.9. The van der Waals surface area contributed by atoms with E-state index in [-0.39, 0.29) is 5.82 Å². The lowest BCUT2D eigenvalue weighted by molar-refractivity contribution is 0.628. The van der Waals surface area contributed by atoms with Gasteiger partial charge in [-0.05, 0) is 25.2 Å². The van der Waals surface area contributed by atoms with Crippen LogP contribution in [0.2, 0.25) is 5.15 Å². The highest BCUT2D eigenvalue weighted by Crippen LogP contribution is 2.32. The average molecular weight is 333 g/mol. The molecule has 0 amide bonds. The van der Waals surface area contributed by atoms with E-state index in [4.69, 9.17) is 11.6 Å². The van der Waals surface area contributed by atoms with Gasteiger partial charge in [0.25, 0.3) is 0 Å². The van der Waals surface area contributed by atoms with Crippen LogP contribution >= 0.6 is 27.5 Å². The highest BCUT2D eigenvalue weighted by molar-refractivity contribution is 9.10. The van der Waals surface area contributed by atoms with Crippen molar-refractivity contribution in [3.8, 4) is 11.3 Å². The van der Waals surface area contributed by atoms with Gasteiger partial charge in [-0.15, -0.1) is 0 Å². The molecule has 2 aromatic rings. The number of hydrogen-bond acceptors (Lipinski definition) is 2. The molecule has 1 aromatic heterocycles. The van der Waals surface area contributed by atoms with Crippen LogP contribution in [0.25, 0.3) is 11.3 Å². The highest BCUT2D eigenvalue weighted by atomic mass is 79.9. The normalized spacial score (nSPS) is 10.9. The second-order valence-corrected chi connectivity index (χ2v) is 5.15. The topological polar surface area (TPSA) is 29.9 Å². The van der Waals surface area contributed by atoms with Gasteiger partial charge in [0.2, 0.25) is 0 Å². The van der Waals surface area contributed by atoms with Gasteiger partial charge in [0.15, 0.2) is 5.15 Å². The first-order valence-corrected chi connectivity index (χ1v) is 6.52. The molecule has 1 heterocycles. The number of halogens is 3. The van der Waals surface area contributed by atoms with Crippen molar-refractivity contribution in [2.75, 3.05) is 7.05 Å². The molecular weight excluding hydrogens is 321 g/mol. The molecule has 0 spiro atoms. The summed E-state index contributed by atoms with van der Waals surface area (Å²) < 4.78 is 16.5. The molecule has 0 saturated carbocycles. The van der Waals surface area contributed by atoms with Crippen molar-refractivity contribution >= 4 is 27.5 Å². The Morgan fingerprint density at radius 1 is 1.50 bits per heavy atom. The lowest BCUT2D eigenvalue weighted by Gasteiger charge is -2.07. The van der Waals surface area contributed by atoms with E-state index >= 15 is 0 Å². The van der Waals surface area contributed by atoms with Gasteiger partial charge in [-0.2, -0.15) is 0 Å². The Morgan fingerprint density at radius 2 is 2.22 bits per heavy atom. The summed E-state index contributed by atoms with van der Waals surface area (Å²) in [4.78, 5) is 4.23. The van der Waals surface area contributed by atoms with Crippen LogP contribution in [0.3, 0.4) is 0 Å². The lowest BCUT2D eigenvalue weighted by Crippen LogP contribution is -2.10. The number of nitrogens with one attached hydrogen (secondary N) is 1. The zero-order chi connectivity index (χ0) is 13.3. The van der Waals surface area contributed by atoms with Gasteiger partial charge in [0.1, 0.15) is 11.6 Å². The van der Waals surface area contributed by atoms with E-state index in [2.05, 4.69) is 26.2 Å². The van der Waals surface area contributed by atoms with Crippen LogP contribution < -0.4 is 5.32 Å². The van der Waals surface area contributed by atoms with Gasteiger partial charge in [-0.25, -0.2) is 9.37 Å². The van der Waals surface area contributed by atoms with Crippen molar-refractivity contribution in [2.45, 2.75) is 6.54 Å². The van der Waals surface area contributed by atoms with Crippen LogP contribution in [0.5, 0.6) is 0 Å². The van der Waals surface area contributed by atoms with Gasteiger partial charge in [-0.3, -0.25) is 0 Å². The molecule has 3 nitrogen and oxygen atoms in total. The first kappa shape index (κ1) is 13.5. The van der Waals surface area contributed by atoms with Gasteiger partial charge in [-0.1, -0.05) is 27.5 Å². The standard InChI is InChI=1S/C12H12BrClFN3/c1-16-6-10-17-12(14)11(18(10)2)8-5-7(13)3-4-9(8)15/h3-5,16H,6H2,1-2H3. The second-order valence-electron chi connectivity index (χ2n) is 3.88. The molecule has 96 valence electrons. The summed E-state index contributed by atoms with van der Waals surface area (Å²) in [6.07, 6.45) is 0. The molecule has 0 aliphatic rings. The fourth-order valence-electron chi connectivity index (χ4n) is 1.80. The van der Waals surface area contributed by atoms with E-state index in [1.807, 2.05) is 14.1 Å². The molecule has 0 aliphatic carbocycles. The molecule has 0 atom stereocenters. The minimum absolute atomic E-state index is 0.305. The molecule has 1 N–H and O–H groups in total. The number of rotatable bonds is 3. The summed E-state index contributed by atoms with van der Waals surface area (Å²) in [5.41, 5.74) is 1.02. The summed E-state index contributed by atoms with van der Waals surface area (Å²) in [5, 5.41) is 3.30. The molecule has 2 rings (SSSR count). The molecule has 18 heavy (non-hydrogen) atoms. The average Bonchev–Trinajstić information content (AvgIpc) is 2.59. The molecule has 0 aliphatic heterocycles. The number of nitrogens with zero attached hydrogens (tertiary/aromatic N) is 2. The Hall–Kier alpha value is -0.910. The summed E-state index contributed by atoms with van der Waals surface area (Å²) in [6.45, 7) is 0.575. The van der Waals surface area contributed by atoms with E-state index in [1.165, 1.54) is 6.07 Å². The van der Waals surface area contributed by atoms with Gasteiger partial charge in [0, 0.05) is 17.1 Å². The Kier molecular flexibility index (Phi) is 4.04. The number of imidazole rings is 1. The maximum Gasteiger partial charge on any atom is 0.155 e. The third-order valence-electron chi connectivity index (χ3n) is 2.66. The SMILES string of the molecule is CNCc1nc(Cl)c(-c2cc(Br)ccc2F)n1C. The monoisotopic (exact) mass is 331 g/mol. The van der Waals surface area contributed by atoms with Crippen LogP contribution in [0.15, 0.2) is 22.7 Å². The summed E-state index contributed by atoms with van der Waals surface area (Å²) in [6, 6.07) is 4.75. The molecule has 1 aromatic carbocycles. The molecule has 0 bridgehead atoms. The van der Waals surface area contributed by atoms with E-state index in [9.17, 15) is 4.39 Å². The minimum Gasteiger partial charge on any atom is -0.329 e. The lowest BCUT2D eigenvalue weighted by atomic mass is 10.1. The van der Waals surface area contributed by atoms with Crippen molar-refractivity contribution in [1.29, 1.82) is 0 Å². The molecule has 0 unspecified atom stereocenters. The van der Waals surface area contributed by atoms with E-state index < -0.39 is 0 Å². The summed E-state index contributed by atoms with van der Waals surface area (Å²) >= 11 is 9.43. The third kappa shape index (κ3) is 2.43. The fraction of sp³-hybridized carbons (Fsp3) is 0.250. The Balaban J connectivity index is 2.60. The van der Waals surface area contributed by atoms with Gasteiger partial charge >= 0.3 is 0 Å². The van der Waals surface area contributed by atoms with Crippen LogP contribution in [0.1, 0.15) is 5.82 Å². The van der Waals surface area contributed by atoms with Crippen LogP contribution in [-0.4, -0.2) is 16.6 Å². The number of benzene rings is 1. The quantitative estimate of drug-likeness (QED) is 0.934. The Labute approximate surface area is 118 Å². The van der Waals surface area contributed by atoms with Crippen molar-refractivity contribution in [2.24, 2.45) is 7.05 Å². The van der Waals surface area contributed by atoms with Crippen LogP contribution in [-0.2, 0) is 13.6 Å². The van der Waals surface area contributed by atoms with E-state index in [0.29, 0.717) is 23.0 Å². The van der Waals surface area contributed by atoms with E-state index in [1.54, 1.807) is 16.7 Å². The fourth-order valence-corrected chi connectivity index (χ4v) is 2.48. The minimum atomic E-state index is -0.320. The zero-order valence-electron chi connectivity index (χ0n) is 9.97. The molecular formula is C12H12BrClFN3. The second kappa shape index (κ2) is 5.38. The van der Waals surface area contributed by atoms with Crippen LogP contribution in [0, 0.1) is 5.82 Å². The summed E-state index contributed by atoms with van der Waals surface area (Å²) in [5.74, 6) is 0.441. The van der Waals surface area contributed by atoms with Gasteiger partial charge < -0.3 is 9.88 Å². The summed E-state index contributed by atoms with van der Waals surface area (Å²) in [7, 11) is 3.64. The van der Waals surface area contributed by atoms with Crippen molar-refractivity contribution in [1.82, 2.24) is 14.9 Å². The zero-order valence-corrected chi connectivity index (χ0v) is 12.3. The Bertz CT molecular complexity index is 583. The molecule has 0 fully saturated rings. The van der Waals surface area contributed by atoms with Crippen molar-refractivity contribution in [3.63, 3.8) is 0 Å². The first-order chi connectivity index (χ1) is 8.54. The third-order valence-corrected chi connectivity index (χ3v) is 3.42. The smallest absolute Gasteiger partial charge is 0.155 e. The maximum absolute atomic E-state index is 13.9. The van der Waals surface area contributed by atoms with Crippen LogP contribution in [0.4, 0.5) is 4.39 Å².